The van der Waals surface area contributed by atoms with Gasteiger partial charge in [0.05, 0.1) is 17.6 Å². The van der Waals surface area contributed by atoms with E-state index in [1.165, 1.54) is 0 Å². The molecule has 0 aliphatic carbocycles. The second-order valence-corrected chi connectivity index (χ2v) is 9.86. The van der Waals surface area contributed by atoms with E-state index >= 15 is 0 Å². The minimum absolute atomic E-state index is 0.267. The standard InChI is InChI=1S/C29H42N4O4/c1-6-24(14-20(3)18-34)28-32-26-15-23(16-31-25(7-2)29(35)37-21(4)19-36-5)8-9-27(26)33(28)17-22-10-12-30-13-11-22/h6,8-9,14-15,18,21-22,25,30-31H,7,10-13,16-17,19H2,1-5H3/b20-14-,24-6+. The fraction of sp³-hybridized carbons (Fsp3) is 0.552. The third kappa shape index (κ3) is 7.84. The molecule has 1 aliphatic rings. The quantitative estimate of drug-likeness (QED) is 0.182. The van der Waals surface area contributed by atoms with E-state index in [4.69, 9.17) is 14.5 Å². The van der Waals surface area contributed by atoms with Crippen LogP contribution in [0.5, 0.6) is 0 Å². The number of imidazole rings is 1. The maximum Gasteiger partial charge on any atom is 0.323 e. The molecule has 0 spiro atoms. The number of rotatable bonds is 13. The minimum atomic E-state index is -0.394. The molecule has 2 aromatic rings. The Labute approximate surface area is 220 Å². The van der Waals surface area contributed by atoms with E-state index in [9.17, 15) is 9.59 Å². The van der Waals surface area contributed by atoms with Crippen molar-refractivity contribution in [3.8, 4) is 0 Å². The van der Waals surface area contributed by atoms with E-state index in [1.54, 1.807) is 7.11 Å². The van der Waals surface area contributed by atoms with Crippen molar-refractivity contribution in [2.45, 2.75) is 72.2 Å². The highest BCUT2D eigenvalue weighted by Gasteiger charge is 2.22. The number of esters is 1. The molecular weight excluding hydrogens is 468 g/mol. The third-order valence-electron chi connectivity index (χ3n) is 6.81. The topological polar surface area (TPSA) is 94.5 Å². The Morgan fingerprint density at radius 1 is 1.32 bits per heavy atom. The van der Waals surface area contributed by atoms with Gasteiger partial charge in [0.1, 0.15) is 24.3 Å². The number of fused-ring (bicyclic) bond motifs is 1. The van der Waals surface area contributed by atoms with Crippen molar-refractivity contribution in [1.82, 2.24) is 20.2 Å². The van der Waals surface area contributed by atoms with E-state index < -0.39 is 6.04 Å². The highest BCUT2D eigenvalue weighted by Crippen LogP contribution is 2.27. The van der Waals surface area contributed by atoms with Crippen LogP contribution in [-0.2, 0) is 32.2 Å². The summed E-state index contributed by atoms with van der Waals surface area (Å²) in [6.07, 6.45) is 7.39. The molecule has 1 fully saturated rings. The number of carbonyl (C=O) groups excluding carboxylic acids is 2. The number of piperidine rings is 1. The lowest BCUT2D eigenvalue weighted by molar-refractivity contribution is -0.153. The lowest BCUT2D eigenvalue weighted by Gasteiger charge is -2.24. The maximum atomic E-state index is 12.6. The average Bonchev–Trinajstić information content (AvgIpc) is 3.25. The first kappa shape index (κ1) is 28.8. The van der Waals surface area contributed by atoms with E-state index in [1.807, 2.05) is 39.8 Å². The number of carbonyl (C=O) groups is 2. The first-order valence-corrected chi connectivity index (χ1v) is 13.3. The van der Waals surface area contributed by atoms with Crippen LogP contribution in [-0.4, -0.2) is 60.8 Å². The van der Waals surface area contributed by atoms with Crippen molar-refractivity contribution >= 4 is 28.9 Å². The van der Waals surface area contributed by atoms with E-state index in [2.05, 4.69) is 33.4 Å². The Bertz CT molecular complexity index is 1110. The number of nitrogens with zero attached hydrogens (tertiary/aromatic N) is 2. The van der Waals surface area contributed by atoms with Gasteiger partial charge in [0.25, 0.3) is 0 Å². The second-order valence-electron chi connectivity index (χ2n) is 9.86. The first-order valence-electron chi connectivity index (χ1n) is 13.3. The molecule has 1 saturated heterocycles. The number of aromatic nitrogens is 2. The molecule has 8 heteroatoms. The van der Waals surface area contributed by atoms with Gasteiger partial charge in [0.15, 0.2) is 0 Å². The summed E-state index contributed by atoms with van der Waals surface area (Å²) in [6, 6.07) is 5.90. The van der Waals surface area contributed by atoms with Gasteiger partial charge in [-0.05, 0) is 88.4 Å². The molecule has 1 aliphatic heterocycles. The van der Waals surface area contributed by atoms with Gasteiger partial charge in [-0.3, -0.25) is 9.59 Å². The summed E-state index contributed by atoms with van der Waals surface area (Å²) in [5.74, 6) is 1.19. The molecule has 0 radical (unpaired) electrons. The SMILES string of the molecule is C/C=C(\C=C(\C)C=O)c1nc2cc(CNC(CC)C(=O)OC(C)COC)ccc2n1CC1CCNCC1. The van der Waals surface area contributed by atoms with Crippen LogP contribution in [0.3, 0.4) is 0 Å². The summed E-state index contributed by atoms with van der Waals surface area (Å²) in [4.78, 5) is 28.9. The van der Waals surface area contributed by atoms with E-state index in [0.717, 1.165) is 66.8 Å². The zero-order valence-electron chi connectivity index (χ0n) is 22.9. The zero-order chi connectivity index (χ0) is 26.8. The van der Waals surface area contributed by atoms with E-state index in [0.29, 0.717) is 31.1 Å². The van der Waals surface area contributed by atoms with Crippen molar-refractivity contribution in [2.24, 2.45) is 5.92 Å². The van der Waals surface area contributed by atoms with Crippen molar-refractivity contribution in [3.05, 3.63) is 47.3 Å². The second kappa shape index (κ2) is 14.2. The summed E-state index contributed by atoms with van der Waals surface area (Å²) in [5.41, 5.74) is 4.63. The molecule has 2 unspecified atom stereocenters. The number of hydrogen-bond donors (Lipinski definition) is 2. The van der Waals surface area contributed by atoms with Gasteiger partial charge in [-0.25, -0.2) is 4.98 Å². The molecule has 1 aromatic carbocycles. The summed E-state index contributed by atoms with van der Waals surface area (Å²) in [6.45, 7) is 11.4. The fourth-order valence-corrected chi connectivity index (χ4v) is 4.75. The lowest BCUT2D eigenvalue weighted by Crippen LogP contribution is -2.39. The summed E-state index contributed by atoms with van der Waals surface area (Å²) in [5, 5.41) is 6.78. The molecule has 2 N–H and O–H groups in total. The summed E-state index contributed by atoms with van der Waals surface area (Å²) >= 11 is 0. The van der Waals surface area contributed by atoms with Crippen LogP contribution in [0.4, 0.5) is 0 Å². The van der Waals surface area contributed by atoms with Crippen molar-refractivity contribution in [2.75, 3.05) is 26.8 Å². The third-order valence-corrected chi connectivity index (χ3v) is 6.81. The lowest BCUT2D eigenvalue weighted by atomic mass is 9.98. The van der Waals surface area contributed by atoms with Gasteiger partial charge >= 0.3 is 5.97 Å². The average molecular weight is 511 g/mol. The van der Waals surface area contributed by atoms with E-state index in [-0.39, 0.29) is 12.1 Å². The number of benzene rings is 1. The van der Waals surface area contributed by atoms with Crippen LogP contribution in [0.1, 0.15) is 58.3 Å². The van der Waals surface area contributed by atoms with Gasteiger partial charge < -0.3 is 24.7 Å². The largest absolute Gasteiger partial charge is 0.459 e. The summed E-state index contributed by atoms with van der Waals surface area (Å²) < 4.78 is 12.9. The van der Waals surface area contributed by atoms with Crippen LogP contribution >= 0.6 is 0 Å². The number of nitrogens with one attached hydrogen (secondary N) is 2. The Kier molecular flexibility index (Phi) is 11.0. The number of ether oxygens (including phenoxy) is 2. The molecular formula is C29H42N4O4. The Balaban J connectivity index is 1.86. The minimum Gasteiger partial charge on any atom is -0.459 e. The zero-order valence-corrected chi connectivity index (χ0v) is 22.9. The van der Waals surface area contributed by atoms with Crippen LogP contribution in [0, 0.1) is 5.92 Å². The van der Waals surface area contributed by atoms with Gasteiger partial charge in [0.2, 0.25) is 0 Å². The van der Waals surface area contributed by atoms with Crippen LogP contribution < -0.4 is 10.6 Å². The Morgan fingerprint density at radius 2 is 2.08 bits per heavy atom. The van der Waals surface area contributed by atoms with Gasteiger partial charge in [0, 0.05) is 25.8 Å². The molecule has 2 atom stereocenters. The van der Waals surface area contributed by atoms with Gasteiger partial charge in [-0.15, -0.1) is 0 Å². The Hall–Kier alpha value is -2.81. The molecule has 0 amide bonds. The molecule has 3 rings (SSSR count). The predicted octanol–water partition coefficient (Wildman–Crippen LogP) is 4.03. The Morgan fingerprint density at radius 3 is 2.73 bits per heavy atom. The fourth-order valence-electron chi connectivity index (χ4n) is 4.75. The number of hydrogen-bond acceptors (Lipinski definition) is 7. The molecule has 0 saturated carbocycles. The maximum absolute atomic E-state index is 12.6. The van der Waals surface area contributed by atoms with Crippen LogP contribution in [0.25, 0.3) is 16.6 Å². The molecule has 0 bridgehead atoms. The molecule has 8 nitrogen and oxygen atoms in total. The van der Waals surface area contributed by atoms with Crippen LogP contribution in [0.15, 0.2) is 35.9 Å². The molecule has 37 heavy (non-hydrogen) atoms. The smallest absolute Gasteiger partial charge is 0.323 e. The molecule has 1 aromatic heterocycles. The number of aldehydes is 1. The highest BCUT2D eigenvalue weighted by atomic mass is 16.6. The van der Waals surface area contributed by atoms with Crippen molar-refractivity contribution in [1.29, 1.82) is 0 Å². The van der Waals surface area contributed by atoms with Crippen LogP contribution in [0.2, 0.25) is 0 Å². The van der Waals surface area contributed by atoms with Crippen molar-refractivity contribution in [3.63, 3.8) is 0 Å². The number of methoxy groups -OCH3 is 1. The number of allylic oxidation sites excluding steroid dienone is 4. The molecule has 2 heterocycles. The summed E-state index contributed by atoms with van der Waals surface area (Å²) in [7, 11) is 1.59. The van der Waals surface area contributed by atoms with Crippen molar-refractivity contribution < 1.29 is 19.1 Å². The monoisotopic (exact) mass is 510 g/mol. The van der Waals surface area contributed by atoms with Gasteiger partial charge in [-0.2, -0.15) is 0 Å². The molecule has 202 valence electrons. The predicted molar refractivity (Wildman–Crippen MR) is 147 cm³/mol. The first-order chi connectivity index (χ1) is 17.9. The van der Waals surface area contributed by atoms with Gasteiger partial charge in [-0.1, -0.05) is 19.1 Å². The normalized spacial score (nSPS) is 17.1. The highest BCUT2D eigenvalue weighted by molar-refractivity contribution is 5.86.